The van der Waals surface area contributed by atoms with Crippen molar-refractivity contribution in [1.82, 2.24) is 14.8 Å². The van der Waals surface area contributed by atoms with Gasteiger partial charge in [-0.2, -0.15) is 0 Å². The summed E-state index contributed by atoms with van der Waals surface area (Å²) in [7, 11) is 3.46. The molecule has 0 atom stereocenters. The lowest BCUT2D eigenvalue weighted by Gasteiger charge is -2.09. The number of hydrogen-bond acceptors (Lipinski definition) is 5. The molecule has 0 unspecified atom stereocenters. The minimum absolute atomic E-state index is 0.144. The van der Waals surface area contributed by atoms with Crippen LogP contribution < -0.4 is 10.1 Å². The van der Waals surface area contributed by atoms with Crippen molar-refractivity contribution in [3.05, 3.63) is 52.5 Å². The van der Waals surface area contributed by atoms with E-state index in [1.807, 2.05) is 35.9 Å². The summed E-state index contributed by atoms with van der Waals surface area (Å²) in [4.78, 5) is 12.2. The SMILES string of the molecule is COc1cccc(-c2nnc(SCC(=O)Nc3c(Cl)cccc3Cl)n2C)c1. The van der Waals surface area contributed by atoms with Crippen molar-refractivity contribution in [2.45, 2.75) is 5.16 Å². The summed E-state index contributed by atoms with van der Waals surface area (Å²) in [5.74, 6) is 1.33. The van der Waals surface area contributed by atoms with Crippen LogP contribution in [0, 0.1) is 0 Å². The first-order chi connectivity index (χ1) is 13.0. The molecular formula is C18H16Cl2N4O2S. The topological polar surface area (TPSA) is 69.0 Å². The van der Waals surface area contributed by atoms with Gasteiger partial charge in [-0.25, -0.2) is 0 Å². The Morgan fingerprint density at radius 3 is 2.59 bits per heavy atom. The first-order valence-electron chi connectivity index (χ1n) is 7.90. The van der Waals surface area contributed by atoms with E-state index in [-0.39, 0.29) is 11.7 Å². The number of hydrogen-bond donors (Lipinski definition) is 1. The van der Waals surface area contributed by atoms with Crippen LogP contribution in [-0.4, -0.2) is 33.5 Å². The minimum atomic E-state index is -0.235. The largest absolute Gasteiger partial charge is 0.497 e. The molecule has 0 saturated heterocycles. The number of methoxy groups -OCH3 is 1. The molecule has 1 N–H and O–H groups in total. The number of rotatable bonds is 6. The Kier molecular flexibility index (Phi) is 6.26. The molecule has 0 spiro atoms. The summed E-state index contributed by atoms with van der Waals surface area (Å²) in [6.45, 7) is 0. The Labute approximate surface area is 170 Å². The van der Waals surface area contributed by atoms with Crippen molar-refractivity contribution in [3.63, 3.8) is 0 Å². The van der Waals surface area contributed by atoms with Crippen molar-refractivity contribution >= 4 is 46.6 Å². The molecule has 0 radical (unpaired) electrons. The van der Waals surface area contributed by atoms with Gasteiger partial charge in [-0.15, -0.1) is 10.2 Å². The summed E-state index contributed by atoms with van der Waals surface area (Å²) in [6.07, 6.45) is 0. The van der Waals surface area contributed by atoms with E-state index in [4.69, 9.17) is 27.9 Å². The smallest absolute Gasteiger partial charge is 0.234 e. The molecule has 27 heavy (non-hydrogen) atoms. The first kappa shape index (κ1) is 19.5. The van der Waals surface area contributed by atoms with Crippen LogP contribution in [-0.2, 0) is 11.8 Å². The first-order valence-corrected chi connectivity index (χ1v) is 9.64. The number of nitrogens with one attached hydrogen (secondary N) is 1. The maximum absolute atomic E-state index is 12.2. The number of carbonyl (C=O) groups excluding carboxylic acids is 1. The molecular weight excluding hydrogens is 407 g/mol. The van der Waals surface area contributed by atoms with E-state index in [9.17, 15) is 4.79 Å². The zero-order valence-electron chi connectivity index (χ0n) is 14.6. The van der Waals surface area contributed by atoms with Gasteiger partial charge in [0.05, 0.1) is 28.6 Å². The van der Waals surface area contributed by atoms with Gasteiger partial charge in [-0.1, -0.05) is 53.2 Å². The second-order valence-corrected chi connectivity index (χ2v) is 7.29. The van der Waals surface area contributed by atoms with Crippen molar-refractivity contribution in [3.8, 4) is 17.1 Å². The van der Waals surface area contributed by atoms with E-state index in [0.29, 0.717) is 26.7 Å². The number of amides is 1. The summed E-state index contributed by atoms with van der Waals surface area (Å²) in [6, 6.07) is 12.6. The molecule has 0 aliphatic rings. The summed E-state index contributed by atoms with van der Waals surface area (Å²) < 4.78 is 7.07. The van der Waals surface area contributed by atoms with Crippen LogP contribution in [0.1, 0.15) is 0 Å². The maximum Gasteiger partial charge on any atom is 0.234 e. The number of ether oxygens (including phenoxy) is 1. The molecule has 0 fully saturated rings. The molecule has 2 aromatic carbocycles. The number of halogens is 2. The van der Waals surface area contributed by atoms with Gasteiger partial charge in [0.25, 0.3) is 0 Å². The Morgan fingerprint density at radius 2 is 1.89 bits per heavy atom. The number of benzene rings is 2. The number of aromatic nitrogens is 3. The quantitative estimate of drug-likeness (QED) is 0.590. The second-order valence-electron chi connectivity index (χ2n) is 5.53. The predicted octanol–water partition coefficient (Wildman–Crippen LogP) is 4.53. The molecule has 3 rings (SSSR count). The van der Waals surface area contributed by atoms with Gasteiger partial charge in [-0.3, -0.25) is 4.79 Å². The fraction of sp³-hybridized carbons (Fsp3) is 0.167. The number of nitrogens with zero attached hydrogens (tertiary/aromatic N) is 3. The monoisotopic (exact) mass is 422 g/mol. The standard InChI is InChI=1S/C18H16Cl2N4O2S/c1-24-17(11-5-3-6-12(9-11)26-2)22-23-18(24)27-10-15(25)21-16-13(19)7-4-8-14(16)20/h3-9H,10H2,1-2H3,(H,21,25). The van der Waals surface area contributed by atoms with Gasteiger partial charge < -0.3 is 14.6 Å². The molecule has 0 bridgehead atoms. The van der Waals surface area contributed by atoms with Crippen LogP contribution >= 0.6 is 35.0 Å². The Balaban J connectivity index is 1.68. The highest BCUT2D eigenvalue weighted by molar-refractivity contribution is 7.99. The number of carbonyl (C=O) groups is 1. The van der Waals surface area contributed by atoms with Crippen molar-refractivity contribution in [1.29, 1.82) is 0 Å². The summed E-state index contributed by atoms with van der Waals surface area (Å²) >= 11 is 13.4. The molecule has 0 aliphatic carbocycles. The highest BCUT2D eigenvalue weighted by atomic mass is 35.5. The summed E-state index contributed by atoms with van der Waals surface area (Å²) in [5.41, 5.74) is 1.28. The molecule has 0 saturated carbocycles. The van der Waals surface area contributed by atoms with Gasteiger partial charge in [0.2, 0.25) is 5.91 Å². The predicted molar refractivity (Wildman–Crippen MR) is 109 cm³/mol. The average molecular weight is 423 g/mol. The average Bonchev–Trinajstić information content (AvgIpc) is 3.04. The highest BCUT2D eigenvalue weighted by Crippen LogP contribution is 2.30. The van der Waals surface area contributed by atoms with Crippen LogP contribution in [0.4, 0.5) is 5.69 Å². The molecule has 0 aliphatic heterocycles. The van der Waals surface area contributed by atoms with Gasteiger partial charge in [0.1, 0.15) is 5.75 Å². The van der Waals surface area contributed by atoms with Crippen LogP contribution in [0.3, 0.4) is 0 Å². The maximum atomic E-state index is 12.2. The van der Waals surface area contributed by atoms with Crippen molar-refractivity contribution < 1.29 is 9.53 Å². The molecule has 6 nitrogen and oxygen atoms in total. The third kappa shape index (κ3) is 4.55. The number of thioether (sulfide) groups is 1. The fourth-order valence-corrected chi connectivity index (χ4v) is 3.58. The molecule has 9 heteroatoms. The molecule has 1 aromatic heterocycles. The second kappa shape index (κ2) is 8.65. The third-order valence-electron chi connectivity index (χ3n) is 3.72. The van der Waals surface area contributed by atoms with Crippen molar-refractivity contribution in [2.24, 2.45) is 7.05 Å². The molecule has 1 amide bonds. The van der Waals surface area contributed by atoms with E-state index in [1.54, 1.807) is 25.3 Å². The van der Waals surface area contributed by atoms with E-state index in [1.165, 1.54) is 11.8 Å². The third-order valence-corrected chi connectivity index (χ3v) is 5.37. The van der Waals surface area contributed by atoms with E-state index >= 15 is 0 Å². The Hall–Kier alpha value is -2.22. The van der Waals surface area contributed by atoms with Crippen LogP contribution in [0.25, 0.3) is 11.4 Å². The van der Waals surface area contributed by atoms with Gasteiger partial charge >= 0.3 is 0 Å². The Bertz CT molecular complexity index is 957. The van der Waals surface area contributed by atoms with Gasteiger partial charge in [-0.05, 0) is 24.3 Å². The summed E-state index contributed by atoms with van der Waals surface area (Å²) in [5, 5.41) is 12.5. The molecule has 3 aromatic rings. The van der Waals surface area contributed by atoms with Gasteiger partial charge in [0, 0.05) is 12.6 Å². The van der Waals surface area contributed by atoms with Crippen molar-refractivity contribution in [2.75, 3.05) is 18.2 Å². The normalized spacial score (nSPS) is 10.7. The van der Waals surface area contributed by atoms with E-state index in [2.05, 4.69) is 15.5 Å². The van der Waals surface area contributed by atoms with Crippen LogP contribution in [0.5, 0.6) is 5.75 Å². The fourth-order valence-electron chi connectivity index (χ4n) is 2.38. The zero-order valence-corrected chi connectivity index (χ0v) is 16.9. The number of para-hydroxylation sites is 1. The van der Waals surface area contributed by atoms with Crippen LogP contribution in [0.15, 0.2) is 47.6 Å². The lowest BCUT2D eigenvalue weighted by Crippen LogP contribution is -2.15. The Morgan fingerprint density at radius 1 is 1.19 bits per heavy atom. The lowest BCUT2D eigenvalue weighted by molar-refractivity contribution is -0.113. The lowest BCUT2D eigenvalue weighted by atomic mass is 10.2. The highest BCUT2D eigenvalue weighted by Gasteiger charge is 2.15. The van der Waals surface area contributed by atoms with Crippen LogP contribution in [0.2, 0.25) is 10.0 Å². The number of anilines is 1. The molecule has 1 heterocycles. The minimum Gasteiger partial charge on any atom is -0.497 e. The molecule has 140 valence electrons. The van der Waals surface area contributed by atoms with E-state index < -0.39 is 0 Å². The van der Waals surface area contributed by atoms with E-state index in [0.717, 1.165) is 11.3 Å². The zero-order chi connectivity index (χ0) is 19.4. The van der Waals surface area contributed by atoms with Gasteiger partial charge in [0.15, 0.2) is 11.0 Å².